The third kappa shape index (κ3) is 4.08. The van der Waals surface area contributed by atoms with Gasteiger partial charge in [0, 0.05) is 32.5 Å². The maximum atomic E-state index is 12.0. The highest BCUT2D eigenvalue weighted by Gasteiger charge is 2.05. The molecule has 1 heterocycles. The van der Waals surface area contributed by atoms with E-state index < -0.39 is 0 Å². The van der Waals surface area contributed by atoms with Crippen LogP contribution in [0.25, 0.3) is 0 Å². The second-order valence-electron chi connectivity index (χ2n) is 4.02. The zero-order valence-electron chi connectivity index (χ0n) is 10.6. The Bertz CT molecular complexity index is 551. The van der Waals surface area contributed by atoms with E-state index in [-0.39, 0.29) is 5.91 Å². The van der Waals surface area contributed by atoms with E-state index in [4.69, 9.17) is 0 Å². The van der Waals surface area contributed by atoms with Gasteiger partial charge in [-0.1, -0.05) is 0 Å². The molecule has 0 saturated carbocycles. The van der Waals surface area contributed by atoms with Crippen LogP contribution in [0.15, 0.2) is 40.2 Å². The van der Waals surface area contributed by atoms with Gasteiger partial charge in [0.15, 0.2) is 0 Å². The molecule has 0 radical (unpaired) electrons. The van der Waals surface area contributed by atoms with Gasteiger partial charge in [0.05, 0.1) is 6.54 Å². The van der Waals surface area contributed by atoms with Crippen LogP contribution >= 0.6 is 27.3 Å². The van der Waals surface area contributed by atoms with Gasteiger partial charge in [-0.2, -0.15) is 0 Å². The maximum absolute atomic E-state index is 12.0. The van der Waals surface area contributed by atoms with Crippen LogP contribution < -0.4 is 10.6 Å². The number of nitrogens with one attached hydrogen (secondary N) is 2. The van der Waals surface area contributed by atoms with Crippen LogP contribution in [-0.2, 0) is 6.54 Å². The summed E-state index contributed by atoms with van der Waals surface area (Å²) in [5.74, 6) is -0.0485. The second kappa shape index (κ2) is 6.73. The van der Waals surface area contributed by atoms with Crippen LogP contribution in [0, 0.1) is 0 Å². The molecule has 0 aliphatic rings. The Balaban J connectivity index is 1.92. The third-order valence-corrected chi connectivity index (χ3v) is 4.27. The number of carbonyl (C=O) groups excluding carboxylic acids is 1. The fourth-order valence-electron chi connectivity index (χ4n) is 1.66. The van der Waals surface area contributed by atoms with Crippen molar-refractivity contribution in [2.45, 2.75) is 13.5 Å². The Morgan fingerprint density at radius 3 is 2.63 bits per heavy atom. The first-order valence-corrected chi connectivity index (χ1v) is 7.71. The van der Waals surface area contributed by atoms with Crippen LogP contribution in [0.3, 0.4) is 0 Å². The smallest absolute Gasteiger partial charge is 0.251 e. The highest BCUT2D eigenvalue weighted by Crippen LogP contribution is 2.19. The number of anilines is 1. The van der Waals surface area contributed by atoms with Gasteiger partial charge in [0.1, 0.15) is 0 Å². The highest BCUT2D eigenvalue weighted by molar-refractivity contribution is 9.10. The first-order chi connectivity index (χ1) is 9.19. The van der Waals surface area contributed by atoms with Gasteiger partial charge in [-0.25, -0.2) is 0 Å². The van der Waals surface area contributed by atoms with Crippen molar-refractivity contribution in [3.63, 3.8) is 0 Å². The fraction of sp³-hybridized carbons (Fsp3) is 0.214. The molecule has 100 valence electrons. The number of carbonyl (C=O) groups is 1. The summed E-state index contributed by atoms with van der Waals surface area (Å²) in [5, 5.41) is 8.12. The molecule has 0 unspecified atom stereocenters. The molecule has 0 spiro atoms. The summed E-state index contributed by atoms with van der Waals surface area (Å²) < 4.78 is 1.05. The number of thiophene rings is 1. The minimum absolute atomic E-state index is 0.0485. The summed E-state index contributed by atoms with van der Waals surface area (Å²) >= 11 is 5.02. The van der Waals surface area contributed by atoms with E-state index in [1.807, 2.05) is 42.6 Å². The molecule has 0 aliphatic carbocycles. The molecule has 0 fully saturated rings. The molecule has 1 aromatic carbocycles. The second-order valence-corrected chi connectivity index (χ2v) is 5.93. The topological polar surface area (TPSA) is 41.1 Å². The minimum Gasteiger partial charge on any atom is -0.385 e. The van der Waals surface area contributed by atoms with Crippen molar-refractivity contribution in [1.29, 1.82) is 0 Å². The summed E-state index contributed by atoms with van der Waals surface area (Å²) in [6.45, 7) is 3.47. The number of rotatable bonds is 5. The molecule has 2 N–H and O–H groups in total. The Hall–Kier alpha value is -1.33. The Kier molecular flexibility index (Phi) is 4.99. The Morgan fingerprint density at radius 1 is 1.32 bits per heavy atom. The van der Waals surface area contributed by atoms with E-state index in [9.17, 15) is 4.79 Å². The monoisotopic (exact) mass is 338 g/mol. The lowest BCUT2D eigenvalue weighted by atomic mass is 10.2. The molecule has 0 bridgehead atoms. The lowest BCUT2D eigenvalue weighted by Gasteiger charge is -2.06. The van der Waals surface area contributed by atoms with Gasteiger partial charge in [0.2, 0.25) is 0 Å². The van der Waals surface area contributed by atoms with Gasteiger partial charge in [-0.05, 0) is 53.2 Å². The van der Waals surface area contributed by atoms with Crippen molar-refractivity contribution in [2.24, 2.45) is 0 Å². The van der Waals surface area contributed by atoms with Crippen LogP contribution in [-0.4, -0.2) is 12.5 Å². The lowest BCUT2D eigenvalue weighted by molar-refractivity contribution is 0.0951. The molecule has 3 nitrogen and oxygen atoms in total. The molecule has 2 rings (SSSR count). The van der Waals surface area contributed by atoms with E-state index in [0.717, 1.165) is 21.6 Å². The molecular weight excluding hydrogens is 324 g/mol. The number of hydrogen-bond donors (Lipinski definition) is 2. The number of amides is 1. The van der Waals surface area contributed by atoms with Crippen molar-refractivity contribution < 1.29 is 4.79 Å². The summed E-state index contributed by atoms with van der Waals surface area (Å²) in [6, 6.07) is 9.51. The largest absolute Gasteiger partial charge is 0.385 e. The van der Waals surface area contributed by atoms with Gasteiger partial charge >= 0.3 is 0 Å². The third-order valence-electron chi connectivity index (χ3n) is 2.57. The molecule has 0 saturated heterocycles. The average molecular weight is 339 g/mol. The summed E-state index contributed by atoms with van der Waals surface area (Å²) in [4.78, 5) is 13.1. The minimum atomic E-state index is -0.0485. The predicted molar refractivity (Wildman–Crippen MR) is 83.8 cm³/mol. The highest BCUT2D eigenvalue weighted by atomic mass is 79.9. The van der Waals surface area contributed by atoms with Gasteiger partial charge in [0.25, 0.3) is 5.91 Å². The van der Waals surface area contributed by atoms with Crippen molar-refractivity contribution in [1.82, 2.24) is 5.32 Å². The van der Waals surface area contributed by atoms with E-state index in [1.165, 1.54) is 0 Å². The molecular formula is C14H15BrN2OS. The summed E-state index contributed by atoms with van der Waals surface area (Å²) in [6.07, 6.45) is 0. The van der Waals surface area contributed by atoms with Crippen LogP contribution in [0.1, 0.15) is 22.2 Å². The number of halogens is 1. The number of hydrogen-bond acceptors (Lipinski definition) is 3. The Labute approximate surface area is 125 Å². The summed E-state index contributed by atoms with van der Waals surface area (Å²) in [7, 11) is 0. The van der Waals surface area contributed by atoms with E-state index in [1.54, 1.807) is 11.3 Å². The molecule has 1 amide bonds. The first-order valence-electron chi connectivity index (χ1n) is 6.04. The molecule has 0 aliphatic heterocycles. The van der Waals surface area contributed by atoms with Gasteiger partial charge < -0.3 is 10.6 Å². The summed E-state index contributed by atoms with van der Waals surface area (Å²) in [5.41, 5.74) is 1.71. The zero-order chi connectivity index (χ0) is 13.7. The molecule has 0 atom stereocenters. The van der Waals surface area contributed by atoms with Crippen LogP contribution in [0.2, 0.25) is 0 Å². The van der Waals surface area contributed by atoms with Gasteiger partial charge in [-0.15, -0.1) is 11.3 Å². The van der Waals surface area contributed by atoms with Crippen molar-refractivity contribution in [3.8, 4) is 0 Å². The average Bonchev–Trinajstić information content (AvgIpc) is 2.83. The first kappa shape index (κ1) is 14.1. The van der Waals surface area contributed by atoms with Crippen LogP contribution in [0.5, 0.6) is 0 Å². The van der Waals surface area contributed by atoms with E-state index >= 15 is 0 Å². The molecule has 1 aromatic heterocycles. The van der Waals surface area contributed by atoms with Crippen molar-refractivity contribution in [2.75, 3.05) is 11.9 Å². The van der Waals surface area contributed by atoms with E-state index in [2.05, 4.69) is 26.6 Å². The fourth-order valence-corrected chi connectivity index (χ4v) is 3.05. The van der Waals surface area contributed by atoms with Gasteiger partial charge in [-0.3, -0.25) is 4.79 Å². The number of benzene rings is 1. The molecule has 5 heteroatoms. The zero-order valence-corrected chi connectivity index (χ0v) is 13.0. The lowest BCUT2D eigenvalue weighted by Crippen LogP contribution is -2.22. The SMILES string of the molecule is CCNc1ccc(C(=O)NCc2cc(Br)cs2)cc1. The van der Waals surface area contributed by atoms with Crippen molar-refractivity contribution in [3.05, 3.63) is 50.6 Å². The standard InChI is InChI=1S/C14H15BrN2OS/c1-2-16-12-5-3-10(4-6-12)14(18)17-8-13-7-11(15)9-19-13/h3-7,9,16H,2,8H2,1H3,(H,17,18). The normalized spacial score (nSPS) is 10.2. The molecule has 2 aromatic rings. The quantitative estimate of drug-likeness (QED) is 0.868. The Morgan fingerprint density at radius 2 is 2.05 bits per heavy atom. The molecule has 19 heavy (non-hydrogen) atoms. The predicted octanol–water partition coefficient (Wildman–Crippen LogP) is 3.87. The van der Waals surface area contributed by atoms with E-state index in [0.29, 0.717) is 12.1 Å². The maximum Gasteiger partial charge on any atom is 0.251 e. The van der Waals surface area contributed by atoms with Crippen molar-refractivity contribution >= 4 is 38.9 Å². The van der Waals surface area contributed by atoms with Crippen LogP contribution in [0.4, 0.5) is 5.69 Å².